The normalized spacial score (nSPS) is 19.4. The number of esters is 1. The van der Waals surface area contributed by atoms with Crippen LogP contribution >= 0.6 is 0 Å². The van der Waals surface area contributed by atoms with Gasteiger partial charge in [-0.05, 0) is 56.9 Å². The number of hydrogen-bond donors (Lipinski definition) is 1. The van der Waals surface area contributed by atoms with E-state index in [1.807, 2.05) is 0 Å². The van der Waals surface area contributed by atoms with Gasteiger partial charge in [-0.3, -0.25) is 9.59 Å². The monoisotopic (exact) mass is 366 g/mol. The maximum absolute atomic E-state index is 12.4. The summed E-state index contributed by atoms with van der Waals surface area (Å²) in [4.78, 5) is 23.9. The van der Waals surface area contributed by atoms with Crippen molar-refractivity contribution in [2.24, 2.45) is 5.92 Å². The Morgan fingerprint density at radius 1 is 1.16 bits per heavy atom. The van der Waals surface area contributed by atoms with Crippen LogP contribution in [0.3, 0.4) is 0 Å². The Hall–Kier alpha value is -1.93. The quantitative estimate of drug-likeness (QED) is 0.774. The number of sulfonamides is 1. The number of nitrogens with one attached hydrogen (secondary N) is 1. The minimum Gasteiger partial charge on any atom is -0.452 e. The molecule has 1 heterocycles. The van der Waals surface area contributed by atoms with Crippen LogP contribution in [0.2, 0.25) is 0 Å². The molecule has 2 aliphatic rings. The van der Waals surface area contributed by atoms with E-state index in [0.29, 0.717) is 18.8 Å². The summed E-state index contributed by atoms with van der Waals surface area (Å²) in [5, 5.41) is 2.63. The highest BCUT2D eigenvalue weighted by molar-refractivity contribution is 7.89. The van der Waals surface area contributed by atoms with Crippen LogP contribution in [0.4, 0.5) is 5.69 Å². The Morgan fingerprint density at radius 2 is 1.76 bits per heavy atom. The zero-order chi connectivity index (χ0) is 18.0. The number of benzene rings is 1. The van der Waals surface area contributed by atoms with Crippen molar-refractivity contribution in [3.8, 4) is 0 Å². The van der Waals surface area contributed by atoms with Crippen LogP contribution in [-0.4, -0.2) is 43.8 Å². The van der Waals surface area contributed by atoms with Crippen molar-refractivity contribution in [2.45, 2.75) is 43.6 Å². The van der Waals surface area contributed by atoms with Gasteiger partial charge < -0.3 is 10.1 Å². The van der Waals surface area contributed by atoms with Crippen molar-refractivity contribution in [1.82, 2.24) is 4.31 Å². The first-order chi connectivity index (χ1) is 11.9. The molecule has 7 nitrogen and oxygen atoms in total. The molecule has 1 saturated heterocycles. The molecule has 0 unspecified atom stereocenters. The highest BCUT2D eigenvalue weighted by Gasteiger charge is 2.33. The van der Waals surface area contributed by atoms with Gasteiger partial charge in [-0.25, -0.2) is 8.42 Å². The molecule has 3 rings (SSSR count). The molecule has 1 aliphatic heterocycles. The van der Waals surface area contributed by atoms with Gasteiger partial charge in [0.2, 0.25) is 10.0 Å². The molecule has 1 N–H and O–H groups in total. The molecule has 0 bridgehead atoms. The fraction of sp³-hybridized carbons (Fsp3) is 0.529. The van der Waals surface area contributed by atoms with Gasteiger partial charge in [-0.15, -0.1) is 0 Å². The molecule has 2 fully saturated rings. The summed E-state index contributed by atoms with van der Waals surface area (Å²) in [6.07, 6.45) is 2.51. The van der Waals surface area contributed by atoms with Crippen molar-refractivity contribution in [3.05, 3.63) is 24.3 Å². The molecule has 1 amide bonds. The molecule has 25 heavy (non-hydrogen) atoms. The summed E-state index contributed by atoms with van der Waals surface area (Å²) in [5.41, 5.74) is 0.458. The third kappa shape index (κ3) is 4.19. The standard InChI is InChI=1S/C17H22N2O5S/c1-12(24-17(21)13-4-5-13)16(20)18-14-6-8-15(9-7-14)25(22,23)19-10-2-3-11-19/h6-9,12-13H,2-5,10-11H2,1H3,(H,18,20)/t12-/m0/s1. The second-order valence-electron chi connectivity index (χ2n) is 6.48. The Balaban J connectivity index is 1.60. The highest BCUT2D eigenvalue weighted by atomic mass is 32.2. The van der Waals surface area contributed by atoms with Crippen LogP contribution < -0.4 is 5.32 Å². The van der Waals surface area contributed by atoms with Crippen molar-refractivity contribution in [2.75, 3.05) is 18.4 Å². The van der Waals surface area contributed by atoms with Crippen molar-refractivity contribution < 1.29 is 22.7 Å². The first kappa shape index (κ1) is 17.9. The zero-order valence-electron chi connectivity index (χ0n) is 14.1. The lowest BCUT2D eigenvalue weighted by atomic mass is 10.3. The van der Waals surface area contributed by atoms with E-state index in [4.69, 9.17) is 4.74 Å². The van der Waals surface area contributed by atoms with Gasteiger partial charge in [-0.1, -0.05) is 0 Å². The fourth-order valence-corrected chi connectivity index (χ4v) is 4.19. The highest BCUT2D eigenvalue weighted by Crippen LogP contribution is 2.30. The van der Waals surface area contributed by atoms with Crippen LogP contribution in [0.5, 0.6) is 0 Å². The summed E-state index contributed by atoms with van der Waals surface area (Å²) in [6, 6.07) is 6.03. The molecule has 0 aromatic heterocycles. The molecular weight excluding hydrogens is 344 g/mol. The lowest BCUT2D eigenvalue weighted by molar-refractivity contribution is -0.154. The third-order valence-corrected chi connectivity index (χ3v) is 6.31. The Bertz CT molecular complexity index is 750. The average molecular weight is 366 g/mol. The molecule has 1 aromatic rings. The number of amides is 1. The van der Waals surface area contributed by atoms with E-state index in [2.05, 4.69) is 5.32 Å². The maximum atomic E-state index is 12.4. The smallest absolute Gasteiger partial charge is 0.309 e. The summed E-state index contributed by atoms with van der Waals surface area (Å²) in [7, 11) is -3.47. The zero-order valence-corrected chi connectivity index (χ0v) is 14.9. The summed E-state index contributed by atoms with van der Waals surface area (Å²) >= 11 is 0. The number of anilines is 1. The molecule has 8 heteroatoms. The molecule has 0 radical (unpaired) electrons. The first-order valence-electron chi connectivity index (χ1n) is 8.49. The van der Waals surface area contributed by atoms with Crippen LogP contribution in [0.15, 0.2) is 29.2 Å². The van der Waals surface area contributed by atoms with Crippen LogP contribution in [0.25, 0.3) is 0 Å². The number of rotatable bonds is 6. The van der Waals surface area contributed by atoms with Crippen molar-refractivity contribution >= 4 is 27.6 Å². The largest absolute Gasteiger partial charge is 0.452 e. The Labute approximate surface area is 147 Å². The minimum atomic E-state index is -3.47. The minimum absolute atomic E-state index is 0.0645. The van der Waals surface area contributed by atoms with Gasteiger partial charge in [0.25, 0.3) is 5.91 Å². The van der Waals surface area contributed by atoms with Crippen LogP contribution in [0, 0.1) is 5.92 Å². The summed E-state index contributed by atoms with van der Waals surface area (Å²) in [5.74, 6) is -0.843. The summed E-state index contributed by atoms with van der Waals surface area (Å²) in [6.45, 7) is 2.61. The maximum Gasteiger partial charge on any atom is 0.309 e. The van der Waals surface area contributed by atoms with E-state index in [1.165, 1.54) is 35.5 Å². The number of ether oxygens (including phenoxy) is 1. The molecule has 1 aromatic carbocycles. The lowest BCUT2D eigenvalue weighted by Crippen LogP contribution is -2.30. The molecule has 136 valence electrons. The number of carbonyl (C=O) groups excluding carboxylic acids is 2. The summed E-state index contributed by atoms with van der Waals surface area (Å²) < 4.78 is 31.5. The van der Waals surface area contributed by atoms with E-state index in [9.17, 15) is 18.0 Å². The van der Waals surface area contributed by atoms with Gasteiger partial charge in [0.15, 0.2) is 6.10 Å². The van der Waals surface area contributed by atoms with E-state index in [-0.39, 0.29) is 16.8 Å². The average Bonchev–Trinajstić information content (AvgIpc) is 3.29. The number of carbonyl (C=O) groups is 2. The fourth-order valence-electron chi connectivity index (χ4n) is 2.67. The van der Waals surface area contributed by atoms with Gasteiger partial charge in [-0.2, -0.15) is 4.31 Å². The van der Waals surface area contributed by atoms with Gasteiger partial charge in [0.1, 0.15) is 0 Å². The van der Waals surface area contributed by atoms with E-state index in [1.54, 1.807) is 0 Å². The van der Waals surface area contributed by atoms with Gasteiger partial charge in [0, 0.05) is 18.8 Å². The Morgan fingerprint density at radius 3 is 2.32 bits per heavy atom. The van der Waals surface area contributed by atoms with Crippen LogP contribution in [0.1, 0.15) is 32.6 Å². The van der Waals surface area contributed by atoms with Gasteiger partial charge in [0.05, 0.1) is 10.8 Å². The van der Waals surface area contributed by atoms with Crippen molar-refractivity contribution in [3.63, 3.8) is 0 Å². The molecular formula is C17H22N2O5S. The second-order valence-corrected chi connectivity index (χ2v) is 8.42. The van der Waals surface area contributed by atoms with E-state index < -0.39 is 22.0 Å². The molecule has 1 saturated carbocycles. The van der Waals surface area contributed by atoms with Gasteiger partial charge >= 0.3 is 5.97 Å². The number of nitrogens with zero attached hydrogens (tertiary/aromatic N) is 1. The van der Waals surface area contributed by atoms with E-state index in [0.717, 1.165) is 25.7 Å². The predicted octanol–water partition coefficient (Wildman–Crippen LogP) is 1.75. The van der Waals surface area contributed by atoms with Crippen LogP contribution in [-0.2, 0) is 24.3 Å². The second kappa shape index (κ2) is 7.13. The Kier molecular flexibility index (Phi) is 5.10. The molecule has 1 aliphatic carbocycles. The van der Waals surface area contributed by atoms with E-state index >= 15 is 0 Å². The topological polar surface area (TPSA) is 92.8 Å². The lowest BCUT2D eigenvalue weighted by Gasteiger charge is -2.16. The molecule has 0 spiro atoms. The van der Waals surface area contributed by atoms with Crippen molar-refractivity contribution in [1.29, 1.82) is 0 Å². The number of hydrogen-bond acceptors (Lipinski definition) is 5. The third-order valence-electron chi connectivity index (χ3n) is 4.40. The SMILES string of the molecule is C[C@H](OC(=O)C1CC1)C(=O)Nc1ccc(S(=O)(=O)N2CCCC2)cc1. The molecule has 1 atom stereocenters. The predicted molar refractivity (Wildman–Crippen MR) is 91.3 cm³/mol. The first-order valence-corrected chi connectivity index (χ1v) is 9.93.